The monoisotopic (exact) mass is 299 g/mol. The number of halogens is 2. The molecule has 0 aliphatic carbocycles. The maximum atomic E-state index is 10.7. The molecule has 2 aromatic carbocycles. The Morgan fingerprint density at radius 2 is 1.84 bits per heavy atom. The molecule has 5 nitrogen and oxygen atoms in total. The summed E-state index contributed by atoms with van der Waals surface area (Å²) in [5, 5.41) is 19.9. The molecule has 0 fully saturated rings. The quantitative estimate of drug-likeness (QED) is 0.673. The minimum absolute atomic E-state index is 0.0493. The van der Waals surface area contributed by atoms with Crippen molar-refractivity contribution in [1.29, 1.82) is 0 Å². The molecule has 0 aromatic heterocycles. The molecule has 0 bridgehead atoms. The topological polar surface area (TPSA) is 72.6 Å². The van der Waals surface area contributed by atoms with Crippen LogP contribution in [0, 0.1) is 10.1 Å². The summed E-state index contributed by atoms with van der Waals surface area (Å²) < 4.78 is 5.36. The van der Waals surface area contributed by atoms with Crippen molar-refractivity contribution >= 4 is 28.9 Å². The van der Waals surface area contributed by atoms with Gasteiger partial charge in [-0.1, -0.05) is 41.4 Å². The third kappa shape index (κ3) is 2.72. The van der Waals surface area contributed by atoms with Crippen LogP contribution in [0.4, 0.5) is 5.69 Å². The Hall–Kier alpha value is -1.98. The lowest BCUT2D eigenvalue weighted by molar-refractivity contribution is -0.384. The van der Waals surface area contributed by atoms with Crippen molar-refractivity contribution in [3.05, 3.63) is 56.6 Å². The van der Waals surface area contributed by atoms with Crippen molar-refractivity contribution in [3.63, 3.8) is 0 Å². The van der Waals surface area contributed by atoms with Gasteiger partial charge in [-0.15, -0.1) is 0 Å². The minimum Gasteiger partial charge on any atom is -0.503 e. The van der Waals surface area contributed by atoms with Crippen LogP contribution in [0.2, 0.25) is 10.0 Å². The van der Waals surface area contributed by atoms with E-state index in [1.54, 1.807) is 30.3 Å². The van der Waals surface area contributed by atoms with Crippen LogP contribution in [0.5, 0.6) is 17.2 Å². The van der Waals surface area contributed by atoms with Crippen molar-refractivity contribution in [2.45, 2.75) is 0 Å². The van der Waals surface area contributed by atoms with Crippen LogP contribution < -0.4 is 4.74 Å². The zero-order valence-corrected chi connectivity index (χ0v) is 10.9. The standard InChI is InChI=1S/C12H7Cl2NO4/c13-8-6-9(19-7-4-2-1-3-5-7)12(16)10(14)11(8)15(17)18/h1-6,16H. The van der Waals surface area contributed by atoms with Crippen molar-refractivity contribution in [3.8, 4) is 17.2 Å². The number of aromatic hydroxyl groups is 1. The summed E-state index contributed by atoms with van der Waals surface area (Å²) in [7, 11) is 0. The Kier molecular flexibility index (Phi) is 3.78. The average molecular weight is 300 g/mol. The molecule has 19 heavy (non-hydrogen) atoms. The molecule has 0 heterocycles. The number of hydrogen-bond donors (Lipinski definition) is 1. The molecule has 0 amide bonds. The van der Waals surface area contributed by atoms with Gasteiger partial charge in [0.15, 0.2) is 16.5 Å². The smallest absolute Gasteiger partial charge is 0.310 e. The molecule has 7 heteroatoms. The van der Waals surface area contributed by atoms with E-state index < -0.39 is 21.4 Å². The maximum Gasteiger partial charge on any atom is 0.310 e. The average Bonchev–Trinajstić information content (AvgIpc) is 2.36. The first-order chi connectivity index (χ1) is 9.00. The molecular weight excluding hydrogens is 293 g/mol. The number of rotatable bonds is 3. The molecule has 2 rings (SSSR count). The van der Waals surface area contributed by atoms with E-state index in [-0.39, 0.29) is 10.8 Å². The molecule has 98 valence electrons. The molecule has 1 N–H and O–H groups in total. The van der Waals surface area contributed by atoms with Crippen LogP contribution in [-0.4, -0.2) is 10.0 Å². The molecule has 0 spiro atoms. The van der Waals surface area contributed by atoms with Crippen molar-refractivity contribution in [2.75, 3.05) is 0 Å². The largest absolute Gasteiger partial charge is 0.503 e. The Morgan fingerprint density at radius 3 is 2.42 bits per heavy atom. The molecule has 0 aliphatic heterocycles. The number of nitro groups is 1. The van der Waals surface area contributed by atoms with Crippen LogP contribution in [0.1, 0.15) is 0 Å². The van der Waals surface area contributed by atoms with Gasteiger partial charge in [-0.25, -0.2) is 0 Å². The summed E-state index contributed by atoms with van der Waals surface area (Å²) in [5.41, 5.74) is -0.554. The summed E-state index contributed by atoms with van der Waals surface area (Å²) in [6.45, 7) is 0. The minimum atomic E-state index is -0.767. The van der Waals surface area contributed by atoms with E-state index in [0.717, 1.165) is 6.07 Å². The van der Waals surface area contributed by atoms with E-state index >= 15 is 0 Å². The van der Waals surface area contributed by atoms with E-state index in [1.165, 1.54) is 0 Å². The molecule has 0 radical (unpaired) electrons. The Balaban J connectivity index is 2.46. The van der Waals surface area contributed by atoms with Gasteiger partial charge in [0.1, 0.15) is 10.8 Å². The lowest BCUT2D eigenvalue weighted by atomic mass is 10.2. The van der Waals surface area contributed by atoms with Gasteiger partial charge < -0.3 is 9.84 Å². The highest BCUT2D eigenvalue weighted by Gasteiger charge is 2.25. The molecule has 0 atom stereocenters. The number of phenolic OH excluding ortho intramolecular Hbond substituents is 1. The van der Waals surface area contributed by atoms with Crippen LogP contribution in [0.25, 0.3) is 0 Å². The van der Waals surface area contributed by atoms with Gasteiger partial charge in [-0.3, -0.25) is 10.1 Å². The highest BCUT2D eigenvalue weighted by molar-refractivity contribution is 6.39. The Labute approximate surface area is 118 Å². The fraction of sp³-hybridized carbons (Fsp3) is 0. The molecule has 0 saturated carbocycles. The third-order valence-corrected chi connectivity index (χ3v) is 2.93. The number of benzene rings is 2. The maximum absolute atomic E-state index is 10.7. The second-order valence-corrected chi connectivity index (χ2v) is 4.33. The number of nitro benzene ring substituents is 1. The van der Waals surface area contributed by atoms with E-state index in [9.17, 15) is 15.2 Å². The zero-order chi connectivity index (χ0) is 14.0. The van der Waals surface area contributed by atoms with Crippen LogP contribution >= 0.6 is 23.2 Å². The van der Waals surface area contributed by atoms with Crippen LogP contribution in [-0.2, 0) is 0 Å². The molecular formula is C12H7Cl2NO4. The number of nitrogens with zero attached hydrogens (tertiary/aromatic N) is 1. The van der Waals surface area contributed by atoms with E-state index in [4.69, 9.17) is 27.9 Å². The van der Waals surface area contributed by atoms with Gasteiger partial charge in [-0.05, 0) is 12.1 Å². The summed E-state index contributed by atoms with van der Waals surface area (Å²) in [5.74, 6) is -0.132. The fourth-order valence-corrected chi connectivity index (χ4v) is 2.01. The Morgan fingerprint density at radius 1 is 1.21 bits per heavy atom. The van der Waals surface area contributed by atoms with Gasteiger partial charge in [0.05, 0.1) is 4.92 Å². The summed E-state index contributed by atoms with van der Waals surface area (Å²) in [6.07, 6.45) is 0. The van der Waals surface area contributed by atoms with Crippen LogP contribution in [0.15, 0.2) is 36.4 Å². The van der Waals surface area contributed by atoms with Gasteiger partial charge in [0.2, 0.25) is 0 Å². The number of phenols is 1. The van der Waals surface area contributed by atoms with E-state index in [1.807, 2.05) is 0 Å². The third-order valence-electron chi connectivity index (χ3n) is 2.29. The number of hydrogen-bond acceptors (Lipinski definition) is 4. The first kappa shape index (κ1) is 13.5. The van der Waals surface area contributed by atoms with Crippen molar-refractivity contribution in [2.24, 2.45) is 0 Å². The number of ether oxygens (including phenoxy) is 1. The summed E-state index contributed by atoms with van der Waals surface area (Å²) in [6, 6.07) is 9.73. The van der Waals surface area contributed by atoms with Gasteiger partial charge in [0, 0.05) is 6.07 Å². The second-order valence-electron chi connectivity index (χ2n) is 3.54. The predicted molar refractivity (Wildman–Crippen MR) is 71.3 cm³/mol. The summed E-state index contributed by atoms with van der Waals surface area (Å²) >= 11 is 11.5. The SMILES string of the molecule is O=[N+]([O-])c1c(Cl)cc(Oc2ccccc2)c(O)c1Cl. The van der Waals surface area contributed by atoms with Crippen LogP contribution in [0.3, 0.4) is 0 Å². The molecule has 0 unspecified atom stereocenters. The highest BCUT2D eigenvalue weighted by Crippen LogP contribution is 2.46. The zero-order valence-electron chi connectivity index (χ0n) is 9.34. The first-order valence-electron chi connectivity index (χ1n) is 5.09. The van der Waals surface area contributed by atoms with E-state index in [2.05, 4.69) is 0 Å². The van der Waals surface area contributed by atoms with Crippen molar-refractivity contribution in [1.82, 2.24) is 0 Å². The number of para-hydroxylation sites is 1. The molecule has 2 aromatic rings. The Bertz CT molecular complexity index is 631. The first-order valence-corrected chi connectivity index (χ1v) is 5.84. The lowest BCUT2D eigenvalue weighted by Crippen LogP contribution is -1.93. The fourth-order valence-electron chi connectivity index (χ4n) is 1.44. The lowest BCUT2D eigenvalue weighted by Gasteiger charge is -2.09. The normalized spacial score (nSPS) is 10.2. The highest BCUT2D eigenvalue weighted by atomic mass is 35.5. The molecule has 0 aliphatic rings. The van der Waals surface area contributed by atoms with Gasteiger partial charge in [-0.2, -0.15) is 0 Å². The van der Waals surface area contributed by atoms with E-state index in [0.29, 0.717) is 5.75 Å². The van der Waals surface area contributed by atoms with Crippen molar-refractivity contribution < 1.29 is 14.8 Å². The summed E-state index contributed by atoms with van der Waals surface area (Å²) in [4.78, 5) is 9.98. The second kappa shape index (κ2) is 5.34. The predicted octanol–water partition coefficient (Wildman–Crippen LogP) is 4.40. The van der Waals surface area contributed by atoms with Gasteiger partial charge in [0.25, 0.3) is 0 Å². The van der Waals surface area contributed by atoms with Gasteiger partial charge >= 0.3 is 5.69 Å². The molecule has 0 saturated heterocycles.